The standard InChI is InChI=1S/C21H19ClF3N3O2/c1-29-17-7-6-13(9-18(17)30-2)15-10-19(21(23,24)25)28-20(26-15)11-16(27-28)12-4-3-5-14(22)8-12/h3-9,11,15,19,26H,10H2,1-2H3. The fourth-order valence-corrected chi connectivity index (χ4v) is 3.84. The van der Waals surface area contributed by atoms with E-state index < -0.39 is 18.3 Å². The Kier molecular flexibility index (Phi) is 5.27. The first-order valence-electron chi connectivity index (χ1n) is 9.21. The van der Waals surface area contributed by atoms with E-state index in [0.717, 1.165) is 4.68 Å². The summed E-state index contributed by atoms with van der Waals surface area (Å²) in [4.78, 5) is 0. The number of aromatic nitrogens is 2. The smallest absolute Gasteiger partial charge is 0.410 e. The highest BCUT2D eigenvalue weighted by Gasteiger charge is 2.46. The summed E-state index contributed by atoms with van der Waals surface area (Å²) >= 11 is 6.03. The van der Waals surface area contributed by atoms with Crippen LogP contribution in [0.4, 0.5) is 19.0 Å². The zero-order chi connectivity index (χ0) is 21.5. The highest BCUT2D eigenvalue weighted by Crippen LogP contribution is 2.45. The van der Waals surface area contributed by atoms with Gasteiger partial charge < -0.3 is 14.8 Å². The van der Waals surface area contributed by atoms with Crippen LogP contribution in [0.15, 0.2) is 48.5 Å². The molecule has 0 amide bonds. The molecule has 158 valence electrons. The summed E-state index contributed by atoms with van der Waals surface area (Å²) in [6, 6.07) is 11.2. The largest absolute Gasteiger partial charge is 0.493 e. The van der Waals surface area contributed by atoms with E-state index in [1.54, 1.807) is 48.5 Å². The van der Waals surface area contributed by atoms with Crippen molar-refractivity contribution in [3.8, 4) is 22.8 Å². The zero-order valence-electron chi connectivity index (χ0n) is 16.2. The topological polar surface area (TPSA) is 48.3 Å². The lowest BCUT2D eigenvalue weighted by atomic mass is 9.96. The number of anilines is 1. The van der Waals surface area contributed by atoms with Gasteiger partial charge in [0.05, 0.1) is 26.0 Å². The number of benzene rings is 2. The molecule has 5 nitrogen and oxygen atoms in total. The summed E-state index contributed by atoms with van der Waals surface area (Å²) in [5, 5.41) is 7.90. The van der Waals surface area contributed by atoms with Crippen molar-refractivity contribution in [2.75, 3.05) is 19.5 Å². The first kappa shape index (κ1) is 20.4. The van der Waals surface area contributed by atoms with E-state index in [0.29, 0.717) is 39.2 Å². The number of nitrogens with zero attached hydrogens (tertiary/aromatic N) is 2. The second kappa shape index (κ2) is 7.75. The predicted molar refractivity (Wildman–Crippen MR) is 108 cm³/mol. The average Bonchev–Trinajstić information content (AvgIpc) is 3.16. The van der Waals surface area contributed by atoms with E-state index in [9.17, 15) is 13.2 Å². The van der Waals surface area contributed by atoms with Crippen LogP contribution < -0.4 is 14.8 Å². The van der Waals surface area contributed by atoms with Crippen LogP contribution in [-0.2, 0) is 0 Å². The molecule has 9 heteroatoms. The first-order valence-corrected chi connectivity index (χ1v) is 9.58. The molecule has 0 radical (unpaired) electrons. The van der Waals surface area contributed by atoms with Gasteiger partial charge in [-0.3, -0.25) is 0 Å². The fraction of sp³-hybridized carbons (Fsp3) is 0.286. The van der Waals surface area contributed by atoms with Crippen LogP contribution >= 0.6 is 11.6 Å². The number of alkyl halides is 3. The highest BCUT2D eigenvalue weighted by molar-refractivity contribution is 6.30. The van der Waals surface area contributed by atoms with Crippen molar-refractivity contribution >= 4 is 17.4 Å². The van der Waals surface area contributed by atoms with Crippen LogP contribution in [0, 0.1) is 0 Å². The van der Waals surface area contributed by atoms with E-state index >= 15 is 0 Å². The van der Waals surface area contributed by atoms with Crippen molar-refractivity contribution in [2.45, 2.75) is 24.7 Å². The molecule has 2 unspecified atom stereocenters. The molecular weight excluding hydrogens is 419 g/mol. The van der Waals surface area contributed by atoms with Gasteiger partial charge in [0, 0.05) is 23.1 Å². The molecule has 1 aliphatic rings. The van der Waals surface area contributed by atoms with Crippen molar-refractivity contribution in [1.82, 2.24) is 9.78 Å². The third kappa shape index (κ3) is 3.79. The van der Waals surface area contributed by atoms with Crippen molar-refractivity contribution < 1.29 is 22.6 Å². The second-order valence-corrected chi connectivity index (χ2v) is 7.41. The van der Waals surface area contributed by atoms with Gasteiger partial charge in [0.15, 0.2) is 17.5 Å². The van der Waals surface area contributed by atoms with E-state index in [1.807, 2.05) is 0 Å². The summed E-state index contributed by atoms with van der Waals surface area (Å²) in [7, 11) is 2.99. The molecule has 0 aliphatic carbocycles. The molecule has 2 heterocycles. The van der Waals surface area contributed by atoms with E-state index in [-0.39, 0.29) is 6.42 Å². The molecule has 0 saturated carbocycles. The Hall–Kier alpha value is -2.87. The lowest BCUT2D eigenvalue weighted by molar-refractivity contribution is -0.173. The van der Waals surface area contributed by atoms with Gasteiger partial charge in [0.2, 0.25) is 0 Å². The Bertz CT molecular complexity index is 1070. The quantitative estimate of drug-likeness (QED) is 0.553. The van der Waals surface area contributed by atoms with E-state index in [4.69, 9.17) is 21.1 Å². The van der Waals surface area contributed by atoms with Gasteiger partial charge in [-0.1, -0.05) is 29.8 Å². The third-order valence-electron chi connectivity index (χ3n) is 5.12. The van der Waals surface area contributed by atoms with Crippen LogP contribution in [0.5, 0.6) is 11.5 Å². The molecule has 1 aliphatic heterocycles. The predicted octanol–water partition coefficient (Wildman–Crippen LogP) is 5.88. The van der Waals surface area contributed by atoms with Gasteiger partial charge >= 0.3 is 6.18 Å². The minimum atomic E-state index is -4.46. The number of rotatable bonds is 4. The molecule has 0 spiro atoms. The fourth-order valence-electron chi connectivity index (χ4n) is 3.65. The van der Waals surface area contributed by atoms with Crippen LogP contribution in [0.25, 0.3) is 11.3 Å². The van der Waals surface area contributed by atoms with Crippen LogP contribution in [0.1, 0.15) is 24.1 Å². The first-order chi connectivity index (χ1) is 14.3. The number of hydrogen-bond acceptors (Lipinski definition) is 4. The van der Waals surface area contributed by atoms with Gasteiger partial charge in [0.1, 0.15) is 5.82 Å². The van der Waals surface area contributed by atoms with Crippen molar-refractivity contribution in [1.29, 1.82) is 0 Å². The Labute approximate surface area is 176 Å². The summed E-state index contributed by atoms with van der Waals surface area (Å²) in [6.07, 6.45) is -4.66. The summed E-state index contributed by atoms with van der Waals surface area (Å²) in [5.41, 5.74) is 1.73. The molecule has 1 N–H and O–H groups in total. The maximum Gasteiger partial charge on any atom is 0.410 e. The van der Waals surface area contributed by atoms with Gasteiger partial charge in [-0.05, 0) is 29.8 Å². The Morgan fingerprint density at radius 1 is 1.07 bits per heavy atom. The minimum Gasteiger partial charge on any atom is -0.493 e. The average molecular weight is 438 g/mol. The number of hydrogen-bond donors (Lipinski definition) is 1. The van der Waals surface area contributed by atoms with Gasteiger partial charge in [0.25, 0.3) is 0 Å². The van der Waals surface area contributed by atoms with Crippen LogP contribution in [-0.4, -0.2) is 30.2 Å². The molecule has 1 aromatic heterocycles. The molecule has 0 bridgehead atoms. The lowest BCUT2D eigenvalue weighted by Crippen LogP contribution is -2.35. The van der Waals surface area contributed by atoms with Gasteiger partial charge in [-0.25, -0.2) is 4.68 Å². The SMILES string of the molecule is COc1ccc(C2CC(C(F)(F)F)n3nc(-c4cccc(Cl)c4)cc3N2)cc1OC. The number of halogens is 4. The van der Waals surface area contributed by atoms with Crippen molar-refractivity contribution in [3.05, 3.63) is 59.1 Å². The molecule has 2 aromatic carbocycles. The summed E-state index contributed by atoms with van der Waals surface area (Å²) in [5.74, 6) is 1.26. The summed E-state index contributed by atoms with van der Waals surface area (Å²) in [6.45, 7) is 0. The second-order valence-electron chi connectivity index (χ2n) is 6.97. The van der Waals surface area contributed by atoms with Crippen molar-refractivity contribution in [2.24, 2.45) is 0 Å². The Morgan fingerprint density at radius 2 is 1.83 bits per heavy atom. The molecule has 4 rings (SSSR count). The van der Waals surface area contributed by atoms with Gasteiger partial charge in [-0.2, -0.15) is 18.3 Å². The number of fused-ring (bicyclic) bond motifs is 1. The number of ether oxygens (including phenoxy) is 2. The molecule has 2 atom stereocenters. The van der Waals surface area contributed by atoms with Gasteiger partial charge in [-0.15, -0.1) is 0 Å². The Balaban J connectivity index is 1.74. The molecule has 3 aromatic rings. The molecule has 0 fully saturated rings. The monoisotopic (exact) mass is 437 g/mol. The maximum atomic E-state index is 13.9. The normalized spacial score (nSPS) is 18.5. The highest BCUT2D eigenvalue weighted by atomic mass is 35.5. The van der Waals surface area contributed by atoms with E-state index in [2.05, 4.69) is 10.4 Å². The van der Waals surface area contributed by atoms with E-state index in [1.165, 1.54) is 14.2 Å². The zero-order valence-corrected chi connectivity index (χ0v) is 17.0. The maximum absolute atomic E-state index is 13.9. The molecule has 0 saturated heterocycles. The summed E-state index contributed by atoms with van der Waals surface area (Å²) < 4.78 is 53.2. The lowest BCUT2D eigenvalue weighted by Gasteiger charge is -2.33. The molecule has 30 heavy (non-hydrogen) atoms. The minimum absolute atomic E-state index is 0.206. The number of nitrogens with one attached hydrogen (secondary N) is 1. The third-order valence-corrected chi connectivity index (χ3v) is 5.36. The molecular formula is C21H19ClF3N3O2. The van der Waals surface area contributed by atoms with Crippen molar-refractivity contribution in [3.63, 3.8) is 0 Å². The Morgan fingerprint density at radius 3 is 2.50 bits per heavy atom. The van der Waals surface area contributed by atoms with Crippen LogP contribution in [0.2, 0.25) is 5.02 Å². The van der Waals surface area contributed by atoms with Crippen LogP contribution in [0.3, 0.4) is 0 Å². The number of methoxy groups -OCH3 is 2.